The summed E-state index contributed by atoms with van der Waals surface area (Å²) >= 11 is 0. The normalized spacial score (nSPS) is 15.4. The summed E-state index contributed by atoms with van der Waals surface area (Å²) in [5.74, 6) is 1.59. The van der Waals surface area contributed by atoms with Gasteiger partial charge < -0.3 is 4.90 Å². The van der Waals surface area contributed by atoms with Crippen LogP contribution in [0.2, 0.25) is 0 Å². The van der Waals surface area contributed by atoms with Crippen LogP contribution >= 0.6 is 0 Å². The van der Waals surface area contributed by atoms with Crippen molar-refractivity contribution in [1.82, 2.24) is 35.3 Å². The number of piperidine rings is 1. The Balaban J connectivity index is 1.43. The zero-order chi connectivity index (χ0) is 19.7. The number of nitrogens with one attached hydrogen (secondary N) is 1. The summed E-state index contributed by atoms with van der Waals surface area (Å²) in [4.78, 5) is 14.9. The van der Waals surface area contributed by atoms with Gasteiger partial charge in [-0.25, -0.2) is 0 Å². The van der Waals surface area contributed by atoms with E-state index in [2.05, 4.69) is 45.6 Å². The highest BCUT2D eigenvalue weighted by Gasteiger charge is 2.26. The van der Waals surface area contributed by atoms with Gasteiger partial charge in [0.1, 0.15) is 0 Å². The van der Waals surface area contributed by atoms with E-state index in [0.29, 0.717) is 23.2 Å². The lowest BCUT2D eigenvalue weighted by atomic mass is 9.92. The predicted molar refractivity (Wildman–Crippen MR) is 104 cm³/mol. The number of benzene rings is 1. The number of tetrazole rings is 1. The summed E-state index contributed by atoms with van der Waals surface area (Å²) in [6.45, 7) is 7.61. The van der Waals surface area contributed by atoms with Crippen molar-refractivity contribution in [1.29, 1.82) is 0 Å². The minimum atomic E-state index is 0.0542. The van der Waals surface area contributed by atoms with Gasteiger partial charge >= 0.3 is 0 Å². The Hall–Kier alpha value is -3.03. The van der Waals surface area contributed by atoms with Crippen molar-refractivity contribution in [3.8, 4) is 5.69 Å². The van der Waals surface area contributed by atoms with E-state index in [1.54, 1.807) is 4.68 Å². The molecule has 0 unspecified atom stereocenters. The van der Waals surface area contributed by atoms with Crippen LogP contribution in [0.25, 0.3) is 5.69 Å². The van der Waals surface area contributed by atoms with Crippen LogP contribution in [0.15, 0.2) is 30.3 Å². The Kier molecular flexibility index (Phi) is 4.93. The molecule has 1 fully saturated rings. The molecule has 0 bridgehead atoms. The lowest BCUT2D eigenvalue weighted by Gasteiger charge is -2.31. The summed E-state index contributed by atoms with van der Waals surface area (Å²) in [5, 5.41) is 19.2. The highest BCUT2D eigenvalue weighted by molar-refractivity contribution is 5.94. The standard InChI is InChI=1S/C20H25N7O/c1-13(2)18-12-19(23-22-18)15-7-9-26(10-8-15)20(28)16-5-4-6-17(11-16)27-14(3)21-24-25-27/h4-6,11-13,15H,7-10H2,1-3H3,(H,22,23). The van der Waals surface area contributed by atoms with E-state index in [-0.39, 0.29) is 5.91 Å². The monoisotopic (exact) mass is 379 g/mol. The van der Waals surface area contributed by atoms with Crippen LogP contribution in [-0.4, -0.2) is 54.3 Å². The Morgan fingerprint density at radius 1 is 1.21 bits per heavy atom. The topological polar surface area (TPSA) is 92.6 Å². The van der Waals surface area contributed by atoms with E-state index in [0.717, 1.165) is 37.3 Å². The highest BCUT2D eigenvalue weighted by atomic mass is 16.2. The maximum absolute atomic E-state index is 13.0. The molecule has 28 heavy (non-hydrogen) atoms. The molecule has 1 N–H and O–H groups in total. The lowest BCUT2D eigenvalue weighted by Crippen LogP contribution is -2.38. The second-order valence-electron chi connectivity index (χ2n) is 7.66. The number of hydrogen-bond acceptors (Lipinski definition) is 5. The molecule has 8 nitrogen and oxygen atoms in total. The van der Waals surface area contributed by atoms with Gasteiger partial charge in [-0.3, -0.25) is 9.89 Å². The van der Waals surface area contributed by atoms with Crippen molar-refractivity contribution < 1.29 is 4.79 Å². The zero-order valence-corrected chi connectivity index (χ0v) is 16.5. The largest absolute Gasteiger partial charge is 0.339 e. The van der Waals surface area contributed by atoms with Gasteiger partial charge in [0.25, 0.3) is 5.91 Å². The molecule has 1 saturated heterocycles. The molecule has 3 aromatic rings. The third-order valence-corrected chi connectivity index (χ3v) is 5.39. The van der Waals surface area contributed by atoms with Gasteiger partial charge in [-0.15, -0.1) is 5.10 Å². The smallest absolute Gasteiger partial charge is 0.253 e. The summed E-state index contributed by atoms with van der Waals surface area (Å²) in [5.41, 5.74) is 3.74. The van der Waals surface area contributed by atoms with Gasteiger partial charge in [-0.1, -0.05) is 19.9 Å². The molecular formula is C20H25N7O. The number of amides is 1. The molecule has 146 valence electrons. The molecule has 0 radical (unpaired) electrons. The molecule has 2 aromatic heterocycles. The second kappa shape index (κ2) is 7.53. The van der Waals surface area contributed by atoms with Gasteiger partial charge in [-0.2, -0.15) is 9.78 Å². The third kappa shape index (κ3) is 3.54. The zero-order valence-electron chi connectivity index (χ0n) is 16.5. The number of aromatic nitrogens is 6. The molecule has 3 heterocycles. The van der Waals surface area contributed by atoms with E-state index in [4.69, 9.17) is 0 Å². The molecule has 1 amide bonds. The summed E-state index contributed by atoms with van der Waals surface area (Å²) < 4.78 is 1.63. The summed E-state index contributed by atoms with van der Waals surface area (Å²) in [6, 6.07) is 9.64. The maximum Gasteiger partial charge on any atom is 0.253 e. The van der Waals surface area contributed by atoms with E-state index in [9.17, 15) is 4.79 Å². The maximum atomic E-state index is 13.0. The van der Waals surface area contributed by atoms with Crippen molar-refractivity contribution in [3.63, 3.8) is 0 Å². The summed E-state index contributed by atoms with van der Waals surface area (Å²) in [7, 11) is 0. The van der Waals surface area contributed by atoms with Crippen molar-refractivity contribution in [3.05, 3.63) is 53.1 Å². The van der Waals surface area contributed by atoms with Crippen LogP contribution in [0.5, 0.6) is 0 Å². The van der Waals surface area contributed by atoms with E-state index in [1.165, 1.54) is 5.69 Å². The van der Waals surface area contributed by atoms with Crippen LogP contribution in [-0.2, 0) is 0 Å². The first-order chi connectivity index (χ1) is 13.5. The quantitative estimate of drug-likeness (QED) is 0.752. The van der Waals surface area contributed by atoms with Crippen molar-refractivity contribution in [2.45, 2.75) is 45.4 Å². The van der Waals surface area contributed by atoms with Gasteiger partial charge in [-0.05, 0) is 60.4 Å². The fourth-order valence-corrected chi connectivity index (χ4v) is 3.67. The first-order valence-electron chi connectivity index (χ1n) is 9.73. The average Bonchev–Trinajstić information content (AvgIpc) is 3.37. The minimum absolute atomic E-state index is 0.0542. The number of carbonyl (C=O) groups is 1. The molecule has 1 aliphatic rings. The SMILES string of the molecule is Cc1nnnn1-c1cccc(C(=O)N2CCC(c3cc(C(C)C)n[nH]3)CC2)c1. The number of aryl methyl sites for hydroxylation is 1. The van der Waals surface area contributed by atoms with Gasteiger partial charge in [0.05, 0.1) is 11.4 Å². The number of nitrogens with zero attached hydrogens (tertiary/aromatic N) is 6. The Morgan fingerprint density at radius 2 is 2.00 bits per heavy atom. The average molecular weight is 379 g/mol. The number of likely N-dealkylation sites (tertiary alicyclic amines) is 1. The lowest BCUT2D eigenvalue weighted by molar-refractivity contribution is 0.0712. The molecule has 0 saturated carbocycles. The number of hydrogen-bond donors (Lipinski definition) is 1. The molecule has 0 aliphatic carbocycles. The molecule has 1 aliphatic heterocycles. The Morgan fingerprint density at radius 3 is 2.64 bits per heavy atom. The van der Waals surface area contributed by atoms with Crippen LogP contribution in [0.4, 0.5) is 0 Å². The van der Waals surface area contributed by atoms with Gasteiger partial charge in [0.15, 0.2) is 5.82 Å². The number of rotatable bonds is 4. The predicted octanol–water partition coefficient (Wildman–Crippen LogP) is 2.84. The highest BCUT2D eigenvalue weighted by Crippen LogP contribution is 2.29. The molecular weight excluding hydrogens is 354 g/mol. The number of aromatic amines is 1. The van der Waals surface area contributed by atoms with Gasteiger partial charge in [0, 0.05) is 30.3 Å². The molecule has 0 spiro atoms. The van der Waals surface area contributed by atoms with Crippen molar-refractivity contribution in [2.24, 2.45) is 0 Å². The van der Waals surface area contributed by atoms with Gasteiger partial charge in [0.2, 0.25) is 0 Å². The van der Waals surface area contributed by atoms with E-state index in [1.807, 2.05) is 36.1 Å². The van der Waals surface area contributed by atoms with Crippen molar-refractivity contribution >= 4 is 5.91 Å². The van der Waals surface area contributed by atoms with Crippen LogP contribution in [0, 0.1) is 6.92 Å². The fraction of sp³-hybridized carbons (Fsp3) is 0.450. The number of H-pyrrole nitrogens is 1. The molecule has 0 atom stereocenters. The van der Waals surface area contributed by atoms with Crippen molar-refractivity contribution in [2.75, 3.05) is 13.1 Å². The first kappa shape index (κ1) is 18.3. The minimum Gasteiger partial charge on any atom is -0.339 e. The first-order valence-corrected chi connectivity index (χ1v) is 9.73. The Labute approximate surface area is 163 Å². The third-order valence-electron chi connectivity index (χ3n) is 5.39. The molecule has 1 aromatic carbocycles. The van der Waals surface area contributed by atoms with E-state index >= 15 is 0 Å². The van der Waals surface area contributed by atoms with E-state index < -0.39 is 0 Å². The second-order valence-corrected chi connectivity index (χ2v) is 7.66. The summed E-state index contributed by atoms with van der Waals surface area (Å²) in [6.07, 6.45) is 1.88. The molecule has 8 heteroatoms. The van der Waals surface area contributed by atoms with Crippen LogP contribution in [0.3, 0.4) is 0 Å². The van der Waals surface area contributed by atoms with Crippen LogP contribution in [0.1, 0.15) is 66.1 Å². The number of carbonyl (C=O) groups excluding carboxylic acids is 1. The molecule has 4 rings (SSSR count). The fourth-order valence-electron chi connectivity index (χ4n) is 3.67. The Bertz CT molecular complexity index is 966. The van der Waals surface area contributed by atoms with Crippen LogP contribution < -0.4 is 0 Å².